The Bertz CT molecular complexity index is 516. The highest BCUT2D eigenvalue weighted by Gasteiger charge is 2.46. The minimum absolute atomic E-state index is 0.0606. The Balaban J connectivity index is 1.76. The fourth-order valence-electron chi connectivity index (χ4n) is 2.07. The van der Waals surface area contributed by atoms with Gasteiger partial charge in [-0.05, 0) is 25.0 Å². The van der Waals surface area contributed by atoms with Gasteiger partial charge in [-0.3, -0.25) is 14.5 Å². The lowest BCUT2D eigenvalue weighted by Gasteiger charge is -2.13. The third-order valence-corrected chi connectivity index (χ3v) is 4.33. The molecule has 2 heterocycles. The number of pyridine rings is 1. The normalized spacial score (nSPS) is 23.8. The summed E-state index contributed by atoms with van der Waals surface area (Å²) in [6.07, 6.45) is 3.79. The van der Waals surface area contributed by atoms with Crippen molar-refractivity contribution in [1.29, 1.82) is 0 Å². The third kappa shape index (κ3) is 1.96. The van der Waals surface area contributed by atoms with Crippen molar-refractivity contribution in [3.8, 4) is 0 Å². The van der Waals surface area contributed by atoms with Crippen LogP contribution in [0, 0.1) is 0 Å². The van der Waals surface area contributed by atoms with Gasteiger partial charge in [0.25, 0.3) is 0 Å². The molecule has 0 radical (unpaired) electrons. The average molecular weight is 263 g/mol. The molecule has 1 saturated heterocycles. The van der Waals surface area contributed by atoms with Gasteiger partial charge in [0.15, 0.2) is 0 Å². The molecule has 6 heteroatoms. The number of rotatable bonds is 3. The number of anilines is 1. The molecule has 2 amide bonds. The van der Waals surface area contributed by atoms with E-state index in [1.165, 1.54) is 16.7 Å². The van der Waals surface area contributed by atoms with E-state index in [1.54, 1.807) is 18.3 Å². The molecule has 2 N–H and O–H groups in total. The van der Waals surface area contributed by atoms with Crippen molar-refractivity contribution in [2.24, 2.45) is 0 Å². The van der Waals surface area contributed by atoms with Crippen molar-refractivity contribution < 1.29 is 9.59 Å². The summed E-state index contributed by atoms with van der Waals surface area (Å²) in [6, 6.07) is 3.64. The third-order valence-electron chi connectivity index (χ3n) is 3.11. The second-order valence-electron chi connectivity index (χ2n) is 4.54. The van der Waals surface area contributed by atoms with E-state index >= 15 is 0 Å². The molecule has 1 aromatic rings. The standard InChI is InChI=1S/C12H13N3O2S/c13-8-2-1-5-14-11(8)18-9-6-10(16)15(12(9)17)7-3-4-7/h1-2,5,7,9H,3-4,6,13H2. The molecular formula is C12H13N3O2S. The molecule has 1 saturated carbocycles. The van der Waals surface area contributed by atoms with Crippen LogP contribution < -0.4 is 5.73 Å². The molecule has 1 aromatic heterocycles. The highest BCUT2D eigenvalue weighted by atomic mass is 32.2. The van der Waals surface area contributed by atoms with Gasteiger partial charge >= 0.3 is 0 Å². The number of thioether (sulfide) groups is 1. The first-order valence-electron chi connectivity index (χ1n) is 5.90. The summed E-state index contributed by atoms with van der Waals surface area (Å²) in [4.78, 5) is 29.5. The quantitative estimate of drug-likeness (QED) is 0.825. The Morgan fingerprint density at radius 1 is 1.39 bits per heavy atom. The highest BCUT2D eigenvalue weighted by molar-refractivity contribution is 8.00. The SMILES string of the molecule is Nc1cccnc1SC1CC(=O)N(C2CC2)C1=O. The smallest absolute Gasteiger partial charge is 0.243 e. The average Bonchev–Trinajstić information content (AvgIpc) is 3.11. The van der Waals surface area contributed by atoms with Crippen molar-refractivity contribution in [2.45, 2.75) is 35.6 Å². The monoisotopic (exact) mass is 263 g/mol. The molecular weight excluding hydrogens is 250 g/mol. The molecule has 18 heavy (non-hydrogen) atoms. The van der Waals surface area contributed by atoms with Crippen LogP contribution >= 0.6 is 11.8 Å². The van der Waals surface area contributed by atoms with Gasteiger partial charge in [-0.15, -0.1) is 0 Å². The number of amides is 2. The number of carbonyl (C=O) groups is 2. The Morgan fingerprint density at radius 3 is 2.83 bits per heavy atom. The molecule has 2 fully saturated rings. The number of imide groups is 1. The maximum atomic E-state index is 12.1. The molecule has 3 rings (SSSR count). The largest absolute Gasteiger partial charge is 0.397 e. The Morgan fingerprint density at radius 2 is 2.17 bits per heavy atom. The minimum Gasteiger partial charge on any atom is -0.397 e. The van der Waals surface area contributed by atoms with Crippen LogP contribution in [-0.2, 0) is 9.59 Å². The Labute approximate surface area is 109 Å². The number of hydrogen-bond acceptors (Lipinski definition) is 5. The van der Waals surface area contributed by atoms with Crippen LogP contribution in [0.1, 0.15) is 19.3 Å². The summed E-state index contributed by atoms with van der Waals surface area (Å²) in [5.41, 5.74) is 6.34. The molecule has 1 atom stereocenters. The van der Waals surface area contributed by atoms with E-state index < -0.39 is 0 Å². The topological polar surface area (TPSA) is 76.3 Å². The number of nitrogen functional groups attached to an aromatic ring is 1. The number of carbonyl (C=O) groups excluding carboxylic acids is 2. The van der Waals surface area contributed by atoms with Crippen molar-refractivity contribution in [3.63, 3.8) is 0 Å². The molecule has 1 unspecified atom stereocenters. The summed E-state index contributed by atoms with van der Waals surface area (Å²) < 4.78 is 0. The van der Waals surface area contributed by atoms with Gasteiger partial charge in [0.05, 0.1) is 10.9 Å². The minimum atomic E-state index is -0.365. The molecule has 0 aromatic carbocycles. The first-order chi connectivity index (χ1) is 8.66. The molecule has 2 aliphatic rings. The van der Waals surface area contributed by atoms with Crippen molar-refractivity contribution in [3.05, 3.63) is 18.3 Å². The van der Waals surface area contributed by atoms with Crippen molar-refractivity contribution in [1.82, 2.24) is 9.88 Å². The van der Waals surface area contributed by atoms with E-state index in [0.29, 0.717) is 10.7 Å². The number of likely N-dealkylation sites (tertiary alicyclic amines) is 1. The number of nitrogens with two attached hydrogens (primary N) is 1. The summed E-state index contributed by atoms with van der Waals surface area (Å²) in [5.74, 6) is -0.146. The molecule has 5 nitrogen and oxygen atoms in total. The summed E-state index contributed by atoms with van der Waals surface area (Å²) in [6.45, 7) is 0. The lowest BCUT2D eigenvalue weighted by Crippen LogP contribution is -2.33. The zero-order valence-electron chi connectivity index (χ0n) is 9.70. The van der Waals surface area contributed by atoms with E-state index in [4.69, 9.17) is 5.73 Å². The fourth-order valence-corrected chi connectivity index (χ4v) is 3.10. The Kier molecular flexibility index (Phi) is 2.74. The number of aromatic nitrogens is 1. The first kappa shape index (κ1) is 11.5. The second-order valence-corrected chi connectivity index (χ2v) is 5.73. The summed E-state index contributed by atoms with van der Waals surface area (Å²) in [5, 5.41) is 0.261. The van der Waals surface area contributed by atoms with E-state index in [-0.39, 0.29) is 29.5 Å². The van der Waals surface area contributed by atoms with E-state index in [1.807, 2.05) is 0 Å². The lowest BCUT2D eigenvalue weighted by molar-refractivity contribution is -0.138. The zero-order chi connectivity index (χ0) is 12.7. The maximum absolute atomic E-state index is 12.1. The van der Waals surface area contributed by atoms with Crippen LogP contribution in [0.2, 0.25) is 0 Å². The van der Waals surface area contributed by atoms with Crippen LogP contribution in [0.15, 0.2) is 23.4 Å². The van der Waals surface area contributed by atoms with Crippen molar-refractivity contribution >= 4 is 29.3 Å². The van der Waals surface area contributed by atoms with Crippen LogP contribution in [-0.4, -0.2) is 33.0 Å². The van der Waals surface area contributed by atoms with Gasteiger partial charge in [-0.25, -0.2) is 4.98 Å². The molecule has 94 valence electrons. The van der Waals surface area contributed by atoms with E-state index in [9.17, 15) is 9.59 Å². The summed E-state index contributed by atoms with van der Waals surface area (Å²) >= 11 is 1.29. The molecule has 1 aliphatic heterocycles. The summed E-state index contributed by atoms with van der Waals surface area (Å²) in [7, 11) is 0. The fraction of sp³-hybridized carbons (Fsp3) is 0.417. The number of hydrogen-bond donors (Lipinski definition) is 1. The Hall–Kier alpha value is -1.56. The van der Waals surface area contributed by atoms with Gasteiger partial charge in [-0.2, -0.15) is 0 Å². The van der Waals surface area contributed by atoms with Gasteiger partial charge in [-0.1, -0.05) is 11.8 Å². The van der Waals surface area contributed by atoms with Crippen LogP contribution in [0.5, 0.6) is 0 Å². The van der Waals surface area contributed by atoms with Gasteiger partial charge in [0.2, 0.25) is 11.8 Å². The predicted octanol–water partition coefficient (Wildman–Crippen LogP) is 1.05. The molecule has 0 bridgehead atoms. The van der Waals surface area contributed by atoms with Gasteiger partial charge < -0.3 is 5.73 Å². The second kappa shape index (κ2) is 4.28. The van der Waals surface area contributed by atoms with Crippen LogP contribution in [0.4, 0.5) is 5.69 Å². The van der Waals surface area contributed by atoms with Crippen molar-refractivity contribution in [2.75, 3.05) is 5.73 Å². The number of nitrogens with zero attached hydrogens (tertiary/aromatic N) is 2. The lowest BCUT2D eigenvalue weighted by atomic mass is 10.4. The van der Waals surface area contributed by atoms with E-state index in [2.05, 4.69) is 4.98 Å². The highest BCUT2D eigenvalue weighted by Crippen LogP contribution is 2.38. The molecule has 0 spiro atoms. The first-order valence-corrected chi connectivity index (χ1v) is 6.78. The predicted molar refractivity (Wildman–Crippen MR) is 67.8 cm³/mol. The van der Waals surface area contributed by atoms with E-state index in [0.717, 1.165) is 12.8 Å². The molecule has 1 aliphatic carbocycles. The van der Waals surface area contributed by atoms with Gasteiger partial charge in [0, 0.05) is 18.7 Å². The van der Waals surface area contributed by atoms with Gasteiger partial charge in [0.1, 0.15) is 5.03 Å². The zero-order valence-corrected chi connectivity index (χ0v) is 10.5. The van der Waals surface area contributed by atoms with Crippen LogP contribution in [0.3, 0.4) is 0 Å². The maximum Gasteiger partial charge on any atom is 0.243 e. The van der Waals surface area contributed by atoms with Crippen LogP contribution in [0.25, 0.3) is 0 Å².